The van der Waals surface area contributed by atoms with Gasteiger partial charge in [-0.2, -0.15) is 0 Å². The number of nitrogens with zero attached hydrogens (tertiary/aromatic N) is 4. The van der Waals surface area contributed by atoms with Crippen LogP contribution >= 0.6 is 0 Å². The van der Waals surface area contributed by atoms with Crippen LogP contribution in [0.2, 0.25) is 0 Å². The minimum atomic E-state index is -3.84. The lowest BCUT2D eigenvalue weighted by molar-refractivity contribution is -0.385. The fourth-order valence-corrected chi connectivity index (χ4v) is 8.48. The average Bonchev–Trinajstić information content (AvgIpc) is 4.07. The molecule has 4 aromatic carbocycles. The molecule has 2 aliphatic heterocycles. The third-order valence-corrected chi connectivity index (χ3v) is 12.2. The van der Waals surface area contributed by atoms with Crippen LogP contribution in [0.1, 0.15) is 28.3 Å². The highest BCUT2D eigenvalue weighted by Crippen LogP contribution is 2.39. The van der Waals surface area contributed by atoms with E-state index in [1.165, 1.54) is 20.2 Å². The maximum atomic E-state index is 13.1. The summed E-state index contributed by atoms with van der Waals surface area (Å²) in [5.74, 6) is -0.542. The van der Waals surface area contributed by atoms with Gasteiger partial charge in [0.25, 0.3) is 5.69 Å². The molecule has 0 radical (unpaired) electrons. The Bertz CT molecular complexity index is 2960. The molecule has 284 valence electrons. The molecule has 0 atom stereocenters. The van der Waals surface area contributed by atoms with Crippen molar-refractivity contribution in [2.75, 3.05) is 14.1 Å². The van der Waals surface area contributed by atoms with Crippen molar-refractivity contribution in [1.29, 1.82) is 0 Å². The van der Waals surface area contributed by atoms with Crippen molar-refractivity contribution in [2.24, 2.45) is 0 Å². The summed E-state index contributed by atoms with van der Waals surface area (Å²) in [6.45, 7) is 0. The monoisotopic (exact) mass is 780 g/mol. The van der Waals surface area contributed by atoms with Crippen LogP contribution in [-0.4, -0.2) is 51.7 Å². The molecule has 11 heteroatoms. The van der Waals surface area contributed by atoms with Crippen LogP contribution in [0.15, 0.2) is 133 Å². The smallest absolute Gasteiger partial charge is 0.273 e. The van der Waals surface area contributed by atoms with Gasteiger partial charge in [-0.1, -0.05) is 91.0 Å². The van der Waals surface area contributed by atoms with Crippen molar-refractivity contribution in [3.63, 3.8) is 0 Å². The van der Waals surface area contributed by atoms with Gasteiger partial charge in [0.1, 0.15) is 0 Å². The van der Waals surface area contributed by atoms with E-state index in [0.29, 0.717) is 22.2 Å². The van der Waals surface area contributed by atoms with E-state index in [4.69, 9.17) is 9.97 Å². The Morgan fingerprint density at radius 2 is 0.931 bits per heavy atom. The molecule has 10 nitrogen and oxygen atoms in total. The number of nitrogens with one attached hydrogen (secondary N) is 2. The first-order chi connectivity index (χ1) is 28.1. The Kier molecular flexibility index (Phi) is 9.23. The number of nitro benzene ring substituents is 1. The highest BCUT2D eigenvalue weighted by Gasteiger charge is 2.24. The van der Waals surface area contributed by atoms with Crippen molar-refractivity contribution in [1.82, 2.24) is 24.2 Å². The lowest BCUT2D eigenvalue weighted by atomic mass is 10.0. The third-order valence-electron chi connectivity index (χ3n) is 10.4. The Hall–Kier alpha value is -7.21. The maximum Gasteiger partial charge on any atom is 0.273 e. The van der Waals surface area contributed by atoms with Crippen LogP contribution in [0.25, 0.3) is 90.9 Å². The molecule has 5 heterocycles. The van der Waals surface area contributed by atoms with Gasteiger partial charge in [-0.15, -0.1) is 0 Å². The fraction of sp³-hybridized carbons (Fsp3) is 0.0638. The standard InChI is InChI=1S/C47H36N6O4S/c1-52(2)58(56,57)29-34-28-33(18-27-43(34)53(54)55)47-41-25-23-39(50-41)45(31-14-8-4-9-15-31)37-21-19-35(48-37)44(30-12-6-3-7-13-30)36-20-22-38(49-36)46(32-16-10-5-11-17-32)40-24-26-42(47)51-40/h3-28,50-51H,29H2,1-2H3. The number of fused-ring (bicyclic) bond motifs is 8. The first kappa shape index (κ1) is 36.4. The number of hydrogen-bond donors (Lipinski definition) is 2. The molecule has 2 aliphatic rings. The second kappa shape index (κ2) is 14.7. The number of nitro groups is 1. The second-order valence-electron chi connectivity index (χ2n) is 14.2. The van der Waals surface area contributed by atoms with E-state index in [0.717, 1.165) is 71.5 Å². The first-order valence-corrected chi connectivity index (χ1v) is 20.3. The van der Waals surface area contributed by atoms with E-state index in [9.17, 15) is 18.5 Å². The van der Waals surface area contributed by atoms with Crippen molar-refractivity contribution in [2.45, 2.75) is 5.75 Å². The van der Waals surface area contributed by atoms with Gasteiger partial charge >= 0.3 is 0 Å². The molecule has 58 heavy (non-hydrogen) atoms. The van der Waals surface area contributed by atoms with E-state index in [-0.39, 0.29) is 11.3 Å². The number of benzene rings is 4. The van der Waals surface area contributed by atoms with Gasteiger partial charge in [0.15, 0.2) is 0 Å². The first-order valence-electron chi connectivity index (χ1n) is 18.6. The van der Waals surface area contributed by atoms with Gasteiger partial charge in [-0.05, 0) is 83.0 Å². The van der Waals surface area contributed by atoms with Crippen molar-refractivity contribution >= 4 is 62.1 Å². The third kappa shape index (κ3) is 6.72. The summed E-state index contributed by atoms with van der Waals surface area (Å²) < 4.78 is 27.4. The van der Waals surface area contributed by atoms with Crippen LogP contribution in [0, 0.1) is 10.1 Å². The van der Waals surface area contributed by atoms with Gasteiger partial charge in [0, 0.05) is 70.0 Å². The zero-order valence-corrected chi connectivity index (χ0v) is 32.4. The molecule has 0 saturated carbocycles. The van der Waals surface area contributed by atoms with Gasteiger partial charge in [-0.25, -0.2) is 22.7 Å². The molecule has 0 amide bonds. The fourth-order valence-electron chi connectivity index (χ4n) is 7.60. The van der Waals surface area contributed by atoms with Crippen molar-refractivity contribution in [3.8, 4) is 44.5 Å². The van der Waals surface area contributed by atoms with Crippen LogP contribution in [0.4, 0.5) is 5.69 Å². The summed E-state index contributed by atoms with van der Waals surface area (Å²) in [5.41, 5.74) is 12.7. The number of hydrogen-bond acceptors (Lipinski definition) is 6. The predicted octanol–water partition coefficient (Wildman–Crippen LogP) is 10.6. The van der Waals surface area contributed by atoms with Gasteiger partial charge in [0.2, 0.25) is 10.0 Å². The van der Waals surface area contributed by atoms with Crippen LogP contribution in [0.3, 0.4) is 0 Å². The molecule has 8 bridgehead atoms. The summed E-state index contributed by atoms with van der Waals surface area (Å²) in [7, 11) is -1.01. The number of aromatic nitrogens is 4. The minimum absolute atomic E-state index is 0.0787. The summed E-state index contributed by atoms with van der Waals surface area (Å²) in [5, 5.41) is 12.2. The molecule has 7 aromatic rings. The van der Waals surface area contributed by atoms with Crippen LogP contribution < -0.4 is 0 Å². The summed E-state index contributed by atoms with van der Waals surface area (Å²) in [6, 6.07) is 42.9. The van der Waals surface area contributed by atoms with Gasteiger partial charge < -0.3 is 9.97 Å². The second-order valence-corrected chi connectivity index (χ2v) is 16.4. The number of sulfonamides is 1. The molecular formula is C47H36N6O4S. The lowest BCUT2D eigenvalue weighted by Gasteiger charge is -2.12. The normalized spacial score (nSPS) is 12.3. The zero-order chi connectivity index (χ0) is 40.0. The van der Waals surface area contributed by atoms with E-state index in [1.807, 2.05) is 127 Å². The largest absolute Gasteiger partial charge is 0.354 e. The maximum absolute atomic E-state index is 13.1. The highest BCUT2D eigenvalue weighted by molar-refractivity contribution is 7.88. The van der Waals surface area contributed by atoms with Crippen LogP contribution in [0.5, 0.6) is 0 Å². The Morgan fingerprint density at radius 3 is 1.34 bits per heavy atom. The lowest BCUT2D eigenvalue weighted by Crippen LogP contribution is -2.24. The minimum Gasteiger partial charge on any atom is -0.354 e. The SMILES string of the molecule is CN(C)S(=O)(=O)Cc1cc(-c2c3ccc([nH]3)c(-c3ccccc3)c3nc(c(-c4ccccc4)c4nc(c(-c5ccccc5)c5ccc2[nH]5)C=C4)C=C3)ccc1[N+](=O)[O-]. The summed E-state index contributed by atoms with van der Waals surface area (Å²) in [4.78, 5) is 29.6. The van der Waals surface area contributed by atoms with Gasteiger partial charge in [0.05, 0.1) is 33.5 Å². The molecule has 2 N–H and O–H groups in total. The Balaban J connectivity index is 1.44. The number of H-pyrrole nitrogens is 2. The molecular weight excluding hydrogens is 745 g/mol. The zero-order valence-electron chi connectivity index (χ0n) is 31.5. The van der Waals surface area contributed by atoms with Crippen LogP contribution in [-0.2, 0) is 15.8 Å². The number of rotatable bonds is 8. The molecule has 9 rings (SSSR count). The van der Waals surface area contributed by atoms with Crippen molar-refractivity contribution < 1.29 is 13.3 Å². The van der Waals surface area contributed by atoms with E-state index < -0.39 is 20.7 Å². The summed E-state index contributed by atoms with van der Waals surface area (Å²) in [6.07, 6.45) is 8.13. The van der Waals surface area contributed by atoms with E-state index in [1.54, 1.807) is 12.1 Å². The van der Waals surface area contributed by atoms with E-state index in [2.05, 4.69) is 22.1 Å². The van der Waals surface area contributed by atoms with Gasteiger partial charge in [-0.3, -0.25) is 10.1 Å². The average molecular weight is 781 g/mol. The predicted molar refractivity (Wildman–Crippen MR) is 234 cm³/mol. The highest BCUT2D eigenvalue weighted by atomic mass is 32.2. The topological polar surface area (TPSA) is 138 Å². The molecule has 0 aliphatic carbocycles. The Labute approximate surface area is 334 Å². The quantitative estimate of drug-likeness (QED) is 0.116. The molecule has 0 unspecified atom stereocenters. The molecule has 0 spiro atoms. The molecule has 3 aromatic heterocycles. The van der Waals surface area contributed by atoms with Crippen molar-refractivity contribution in [3.05, 3.63) is 172 Å². The Morgan fingerprint density at radius 1 is 0.534 bits per heavy atom. The summed E-state index contributed by atoms with van der Waals surface area (Å²) >= 11 is 0. The van der Waals surface area contributed by atoms with E-state index >= 15 is 0 Å². The molecule has 0 saturated heterocycles. The number of aromatic amines is 2. The molecule has 0 fully saturated rings.